The van der Waals surface area contributed by atoms with Crippen molar-refractivity contribution in [3.63, 3.8) is 0 Å². The number of hydrogen-bond donors (Lipinski definition) is 1. The second-order valence-electron chi connectivity index (χ2n) is 5.54. The Morgan fingerprint density at radius 3 is 3.00 bits per heavy atom. The zero-order chi connectivity index (χ0) is 13.3. The Labute approximate surface area is 121 Å². The van der Waals surface area contributed by atoms with Crippen molar-refractivity contribution in [3.05, 3.63) is 29.3 Å². The number of rotatable bonds is 5. The highest BCUT2D eigenvalue weighted by Crippen LogP contribution is 2.48. The van der Waals surface area contributed by atoms with Crippen LogP contribution in [0.4, 0.5) is 0 Å². The monoisotopic (exact) mass is 323 g/mol. The van der Waals surface area contributed by atoms with Crippen LogP contribution in [0.5, 0.6) is 5.75 Å². The van der Waals surface area contributed by atoms with Crippen molar-refractivity contribution in [3.8, 4) is 5.75 Å². The number of fused-ring (bicyclic) bond motifs is 1. The van der Waals surface area contributed by atoms with Gasteiger partial charge in [0.1, 0.15) is 5.75 Å². The van der Waals surface area contributed by atoms with Gasteiger partial charge in [-0.1, -0.05) is 15.9 Å². The number of ether oxygens (including phenoxy) is 1. The zero-order valence-electron chi connectivity index (χ0n) is 10.9. The van der Waals surface area contributed by atoms with Crippen LogP contribution in [-0.2, 0) is 6.42 Å². The van der Waals surface area contributed by atoms with Crippen molar-refractivity contribution in [2.24, 2.45) is 5.41 Å². The molecule has 0 aromatic heterocycles. The summed E-state index contributed by atoms with van der Waals surface area (Å²) in [5.74, 6) is 0.963. The minimum absolute atomic E-state index is 0.0375. The molecule has 0 saturated heterocycles. The first kappa shape index (κ1) is 13.0. The van der Waals surface area contributed by atoms with Crippen LogP contribution >= 0.6 is 15.9 Å². The lowest BCUT2D eigenvalue weighted by atomic mass is 10.0. The number of carbonyl (C=O) groups is 1. The molecule has 0 bridgehead atoms. The quantitative estimate of drug-likeness (QED) is 0.846. The van der Waals surface area contributed by atoms with Crippen LogP contribution < -0.4 is 10.1 Å². The largest absolute Gasteiger partial charge is 0.493 e. The van der Waals surface area contributed by atoms with Gasteiger partial charge in [-0.3, -0.25) is 4.79 Å². The van der Waals surface area contributed by atoms with Crippen molar-refractivity contribution in [1.82, 2.24) is 5.32 Å². The van der Waals surface area contributed by atoms with E-state index in [4.69, 9.17) is 4.74 Å². The summed E-state index contributed by atoms with van der Waals surface area (Å²) in [6.07, 6.45) is 4.52. The van der Waals surface area contributed by atoms with E-state index in [1.54, 1.807) is 0 Å². The Balaban J connectivity index is 1.61. The van der Waals surface area contributed by atoms with E-state index in [0.717, 1.165) is 48.2 Å². The van der Waals surface area contributed by atoms with Gasteiger partial charge < -0.3 is 10.1 Å². The topological polar surface area (TPSA) is 38.3 Å². The third-order valence-electron chi connectivity index (χ3n) is 4.16. The summed E-state index contributed by atoms with van der Waals surface area (Å²) in [7, 11) is 0. The van der Waals surface area contributed by atoms with Gasteiger partial charge in [0.2, 0.25) is 0 Å². The molecule has 3 nitrogen and oxygen atoms in total. The third-order valence-corrected chi connectivity index (χ3v) is 4.55. The van der Waals surface area contributed by atoms with Gasteiger partial charge in [0.15, 0.2) is 0 Å². The van der Waals surface area contributed by atoms with E-state index in [-0.39, 0.29) is 5.91 Å². The maximum Gasteiger partial charge on any atom is 0.251 e. The van der Waals surface area contributed by atoms with E-state index >= 15 is 0 Å². The number of halogens is 1. The van der Waals surface area contributed by atoms with Crippen molar-refractivity contribution >= 4 is 21.8 Å². The molecule has 0 radical (unpaired) electrons. The van der Waals surface area contributed by atoms with Crippen LogP contribution in [-0.4, -0.2) is 24.4 Å². The lowest BCUT2D eigenvalue weighted by Gasteiger charge is -2.14. The molecule has 0 atom stereocenters. The normalized spacial score (nSPS) is 18.6. The molecule has 3 rings (SSSR count). The molecule has 1 amide bonds. The first-order valence-electron chi connectivity index (χ1n) is 6.82. The standard InChI is InChI=1S/C15H18BrNO2/c16-7-6-15(4-5-15)10-17-14(18)12-1-2-13-11(9-12)3-8-19-13/h1-2,9H,3-8,10H2,(H,17,18). The van der Waals surface area contributed by atoms with E-state index in [0.29, 0.717) is 5.41 Å². The summed E-state index contributed by atoms with van der Waals surface area (Å²) >= 11 is 3.48. The molecule has 1 aliphatic carbocycles. The van der Waals surface area contributed by atoms with E-state index in [2.05, 4.69) is 21.2 Å². The highest BCUT2D eigenvalue weighted by molar-refractivity contribution is 9.09. The van der Waals surface area contributed by atoms with Crippen LogP contribution in [0.2, 0.25) is 0 Å². The van der Waals surface area contributed by atoms with Gasteiger partial charge in [-0.2, -0.15) is 0 Å². The van der Waals surface area contributed by atoms with Gasteiger partial charge in [-0.25, -0.2) is 0 Å². The van der Waals surface area contributed by atoms with Crippen LogP contribution in [0.15, 0.2) is 18.2 Å². The molecular weight excluding hydrogens is 306 g/mol. The summed E-state index contributed by atoms with van der Waals surface area (Å²) in [6, 6.07) is 5.72. The maximum absolute atomic E-state index is 12.2. The van der Waals surface area contributed by atoms with Crippen molar-refractivity contribution in [2.45, 2.75) is 25.7 Å². The third kappa shape index (κ3) is 2.78. The van der Waals surface area contributed by atoms with Crippen LogP contribution in [0, 0.1) is 5.41 Å². The van der Waals surface area contributed by atoms with Gasteiger partial charge in [-0.05, 0) is 48.4 Å². The second kappa shape index (κ2) is 5.16. The SMILES string of the molecule is O=C(NCC1(CCBr)CC1)c1ccc2c(c1)CCO2. The zero-order valence-corrected chi connectivity index (χ0v) is 12.5. The lowest BCUT2D eigenvalue weighted by Crippen LogP contribution is -2.30. The molecule has 102 valence electrons. The Bertz CT molecular complexity index is 497. The van der Waals surface area contributed by atoms with Gasteiger partial charge in [0, 0.05) is 23.9 Å². The highest BCUT2D eigenvalue weighted by Gasteiger charge is 2.41. The molecule has 1 saturated carbocycles. The molecule has 0 unspecified atom stereocenters. The summed E-state index contributed by atoms with van der Waals surface area (Å²) in [6.45, 7) is 1.53. The van der Waals surface area contributed by atoms with E-state index in [1.807, 2.05) is 18.2 Å². The molecule has 1 N–H and O–H groups in total. The summed E-state index contributed by atoms with van der Waals surface area (Å²) in [5.41, 5.74) is 2.26. The van der Waals surface area contributed by atoms with E-state index in [9.17, 15) is 4.79 Å². The second-order valence-corrected chi connectivity index (χ2v) is 6.34. The average Bonchev–Trinajstić information content (AvgIpc) is 3.02. The number of amides is 1. The molecule has 0 spiro atoms. The predicted molar refractivity (Wildman–Crippen MR) is 78.1 cm³/mol. The molecule has 1 aromatic carbocycles. The lowest BCUT2D eigenvalue weighted by molar-refractivity contribution is 0.0944. The molecule has 1 aromatic rings. The number of hydrogen-bond acceptors (Lipinski definition) is 2. The van der Waals surface area contributed by atoms with Crippen molar-refractivity contribution in [2.75, 3.05) is 18.5 Å². The van der Waals surface area contributed by atoms with E-state index in [1.165, 1.54) is 12.8 Å². The highest BCUT2D eigenvalue weighted by atomic mass is 79.9. The van der Waals surface area contributed by atoms with Gasteiger partial charge in [0.05, 0.1) is 6.61 Å². The predicted octanol–water partition coefficient (Wildman–Crippen LogP) is 2.92. The van der Waals surface area contributed by atoms with Gasteiger partial charge >= 0.3 is 0 Å². The molecule has 19 heavy (non-hydrogen) atoms. The number of benzene rings is 1. The van der Waals surface area contributed by atoms with Gasteiger partial charge in [-0.15, -0.1) is 0 Å². The molecule has 1 fully saturated rings. The Morgan fingerprint density at radius 2 is 2.26 bits per heavy atom. The van der Waals surface area contributed by atoms with Crippen LogP contribution in [0.1, 0.15) is 35.2 Å². The molecular formula is C15H18BrNO2. The fraction of sp³-hybridized carbons (Fsp3) is 0.533. The molecule has 4 heteroatoms. The fourth-order valence-corrected chi connectivity index (χ4v) is 3.43. The van der Waals surface area contributed by atoms with Crippen molar-refractivity contribution < 1.29 is 9.53 Å². The number of nitrogens with one attached hydrogen (secondary N) is 1. The first-order chi connectivity index (χ1) is 9.22. The van der Waals surface area contributed by atoms with Gasteiger partial charge in [0.25, 0.3) is 5.91 Å². The Morgan fingerprint density at radius 1 is 1.42 bits per heavy atom. The Kier molecular flexibility index (Phi) is 3.52. The minimum Gasteiger partial charge on any atom is -0.493 e. The van der Waals surface area contributed by atoms with Crippen LogP contribution in [0.3, 0.4) is 0 Å². The summed E-state index contributed by atoms with van der Waals surface area (Å²) in [5, 5.41) is 4.09. The van der Waals surface area contributed by atoms with Crippen LogP contribution in [0.25, 0.3) is 0 Å². The van der Waals surface area contributed by atoms with Crippen molar-refractivity contribution in [1.29, 1.82) is 0 Å². The summed E-state index contributed by atoms with van der Waals surface area (Å²) < 4.78 is 5.45. The smallest absolute Gasteiger partial charge is 0.251 e. The average molecular weight is 324 g/mol. The fourth-order valence-electron chi connectivity index (χ4n) is 2.59. The minimum atomic E-state index is 0.0375. The number of carbonyl (C=O) groups excluding carboxylic acids is 1. The molecule has 2 aliphatic rings. The first-order valence-corrected chi connectivity index (χ1v) is 7.95. The molecule has 1 heterocycles. The number of alkyl halides is 1. The maximum atomic E-state index is 12.2. The van der Waals surface area contributed by atoms with E-state index < -0.39 is 0 Å². The Hall–Kier alpha value is -1.03. The summed E-state index contributed by atoms with van der Waals surface area (Å²) in [4.78, 5) is 12.2. The molecule has 1 aliphatic heterocycles.